The van der Waals surface area contributed by atoms with E-state index in [0.29, 0.717) is 6.54 Å². The molecule has 0 aliphatic heterocycles. The molecule has 0 saturated heterocycles. The lowest BCUT2D eigenvalue weighted by Crippen LogP contribution is -2.29. The maximum atomic E-state index is 5.50. The molecule has 2 unspecified atom stereocenters. The van der Waals surface area contributed by atoms with Crippen LogP contribution in [0, 0.1) is 0 Å². The van der Waals surface area contributed by atoms with Crippen molar-refractivity contribution in [3.8, 4) is 0 Å². The molecule has 56 valence electrons. The van der Waals surface area contributed by atoms with Gasteiger partial charge in [-0.3, -0.25) is 0 Å². The van der Waals surface area contributed by atoms with Crippen molar-refractivity contribution in [1.82, 2.24) is 0 Å². The molecule has 0 fully saturated rings. The maximum Gasteiger partial charge on any atom is 0.0632 e. The van der Waals surface area contributed by atoms with E-state index in [1.54, 1.807) is 11.8 Å². The van der Waals surface area contributed by atoms with Gasteiger partial charge in [0.05, 0.1) is 5.37 Å². The minimum absolute atomic E-state index is 0.0519. The molecule has 0 radical (unpaired) electrons. The second-order valence-corrected chi connectivity index (χ2v) is 3.36. The van der Waals surface area contributed by atoms with Gasteiger partial charge in [0.1, 0.15) is 0 Å². The van der Waals surface area contributed by atoms with E-state index < -0.39 is 0 Å². The minimum atomic E-state index is 0.0519. The number of hydrogen-bond donors (Lipinski definition) is 3. The molecule has 0 spiro atoms. The van der Waals surface area contributed by atoms with Gasteiger partial charge in [0.2, 0.25) is 0 Å². The Morgan fingerprint density at radius 3 is 2.33 bits per heavy atom. The average molecular weight is 149 g/mol. The van der Waals surface area contributed by atoms with Crippen molar-refractivity contribution in [3.63, 3.8) is 0 Å². The van der Waals surface area contributed by atoms with Crippen molar-refractivity contribution < 1.29 is 0 Å². The van der Waals surface area contributed by atoms with Crippen LogP contribution in [-0.2, 0) is 0 Å². The Morgan fingerprint density at radius 2 is 2.00 bits per heavy atom. The number of thioether (sulfide) groups is 1. The Hall–Kier alpha value is 0.230. The number of rotatable bonds is 4. The van der Waals surface area contributed by atoms with E-state index in [-0.39, 0.29) is 11.4 Å². The highest BCUT2D eigenvalue weighted by atomic mass is 32.2. The molecule has 0 bridgehead atoms. The first kappa shape index (κ1) is 9.23. The quantitative estimate of drug-likeness (QED) is 0.462. The topological polar surface area (TPSA) is 78.1 Å². The lowest BCUT2D eigenvalue weighted by Gasteiger charge is -2.09. The van der Waals surface area contributed by atoms with Gasteiger partial charge < -0.3 is 17.2 Å². The second-order valence-electron chi connectivity index (χ2n) is 2.08. The molecule has 2 atom stereocenters. The summed E-state index contributed by atoms with van der Waals surface area (Å²) in [6.45, 7) is 2.48. The molecule has 0 aliphatic rings. The Labute approximate surface area is 60.3 Å². The van der Waals surface area contributed by atoms with Crippen LogP contribution in [0.1, 0.15) is 6.92 Å². The highest BCUT2D eigenvalue weighted by Gasteiger charge is 2.00. The summed E-state index contributed by atoms with van der Waals surface area (Å²) in [6, 6.07) is 0.215. The summed E-state index contributed by atoms with van der Waals surface area (Å²) in [6.07, 6.45) is 0. The van der Waals surface area contributed by atoms with E-state index in [2.05, 4.69) is 0 Å². The summed E-state index contributed by atoms with van der Waals surface area (Å²) in [5.74, 6) is 0.887. The summed E-state index contributed by atoms with van der Waals surface area (Å²) in [7, 11) is 0. The summed E-state index contributed by atoms with van der Waals surface area (Å²) in [5, 5.41) is 0.0519. The maximum absolute atomic E-state index is 5.50. The Morgan fingerprint density at radius 1 is 1.44 bits per heavy atom. The molecule has 0 aromatic rings. The fourth-order valence-corrected chi connectivity index (χ4v) is 1.03. The first-order chi connectivity index (χ1) is 4.16. The van der Waals surface area contributed by atoms with Gasteiger partial charge in [-0.1, -0.05) is 0 Å². The SMILES string of the molecule is CC(N)CSC(N)CN. The Balaban J connectivity index is 3.06. The Kier molecular flexibility index (Phi) is 5.18. The van der Waals surface area contributed by atoms with E-state index in [4.69, 9.17) is 17.2 Å². The average Bonchev–Trinajstić information content (AvgIpc) is 1.83. The van der Waals surface area contributed by atoms with Crippen LogP contribution >= 0.6 is 11.8 Å². The highest BCUT2D eigenvalue weighted by Crippen LogP contribution is 2.04. The number of hydrogen-bond acceptors (Lipinski definition) is 4. The third-order valence-electron chi connectivity index (χ3n) is 0.806. The molecule has 0 aliphatic carbocycles. The van der Waals surface area contributed by atoms with Crippen LogP contribution < -0.4 is 17.2 Å². The summed E-state index contributed by atoms with van der Waals surface area (Å²) in [4.78, 5) is 0. The van der Waals surface area contributed by atoms with Crippen LogP contribution in [0.15, 0.2) is 0 Å². The van der Waals surface area contributed by atoms with Gasteiger partial charge >= 0.3 is 0 Å². The van der Waals surface area contributed by atoms with Gasteiger partial charge in [0, 0.05) is 18.3 Å². The fourth-order valence-electron chi connectivity index (χ4n) is 0.343. The van der Waals surface area contributed by atoms with E-state index in [1.807, 2.05) is 6.92 Å². The van der Waals surface area contributed by atoms with Crippen LogP contribution in [0.5, 0.6) is 0 Å². The van der Waals surface area contributed by atoms with E-state index in [9.17, 15) is 0 Å². The zero-order chi connectivity index (χ0) is 7.28. The summed E-state index contributed by atoms with van der Waals surface area (Å²) < 4.78 is 0. The van der Waals surface area contributed by atoms with Gasteiger partial charge in [0.15, 0.2) is 0 Å². The fraction of sp³-hybridized carbons (Fsp3) is 1.00. The zero-order valence-corrected chi connectivity index (χ0v) is 6.53. The first-order valence-corrected chi connectivity index (χ1v) is 4.04. The molecule has 3 nitrogen and oxygen atoms in total. The largest absolute Gasteiger partial charge is 0.328 e. The van der Waals surface area contributed by atoms with Crippen LogP contribution in [0.4, 0.5) is 0 Å². The molecule has 0 heterocycles. The third kappa shape index (κ3) is 6.11. The van der Waals surface area contributed by atoms with Gasteiger partial charge in [0.25, 0.3) is 0 Å². The van der Waals surface area contributed by atoms with Crippen LogP contribution in [0.3, 0.4) is 0 Å². The van der Waals surface area contributed by atoms with E-state index >= 15 is 0 Å². The molecule has 0 amide bonds. The Bertz CT molecular complexity index is 67.2. The molecule has 0 aromatic carbocycles. The smallest absolute Gasteiger partial charge is 0.0632 e. The van der Waals surface area contributed by atoms with Gasteiger partial charge in [-0.05, 0) is 6.92 Å². The van der Waals surface area contributed by atoms with E-state index in [1.165, 1.54) is 0 Å². The van der Waals surface area contributed by atoms with Gasteiger partial charge in [-0.15, -0.1) is 11.8 Å². The van der Waals surface area contributed by atoms with Crippen molar-refractivity contribution >= 4 is 11.8 Å². The molecule has 0 saturated carbocycles. The normalized spacial score (nSPS) is 17.3. The van der Waals surface area contributed by atoms with Gasteiger partial charge in [-0.2, -0.15) is 0 Å². The predicted molar refractivity (Wildman–Crippen MR) is 43.1 cm³/mol. The number of nitrogens with two attached hydrogens (primary N) is 3. The van der Waals surface area contributed by atoms with Gasteiger partial charge in [-0.25, -0.2) is 0 Å². The van der Waals surface area contributed by atoms with Crippen molar-refractivity contribution in [1.29, 1.82) is 0 Å². The molecule has 6 N–H and O–H groups in total. The second kappa shape index (κ2) is 5.05. The molecule has 4 heteroatoms. The lowest BCUT2D eigenvalue weighted by atomic mass is 10.4. The van der Waals surface area contributed by atoms with Crippen LogP contribution in [0.25, 0.3) is 0 Å². The molecular formula is C5H15N3S. The van der Waals surface area contributed by atoms with Crippen LogP contribution in [-0.4, -0.2) is 23.7 Å². The van der Waals surface area contributed by atoms with Crippen molar-refractivity contribution in [2.75, 3.05) is 12.3 Å². The molecule has 9 heavy (non-hydrogen) atoms. The summed E-state index contributed by atoms with van der Waals surface area (Å²) in [5.41, 5.74) is 16.3. The predicted octanol–water partition coefficient (Wildman–Crippen LogP) is -0.690. The van der Waals surface area contributed by atoms with Crippen molar-refractivity contribution in [3.05, 3.63) is 0 Å². The van der Waals surface area contributed by atoms with Crippen molar-refractivity contribution in [2.45, 2.75) is 18.3 Å². The highest BCUT2D eigenvalue weighted by molar-refractivity contribution is 7.99. The lowest BCUT2D eigenvalue weighted by molar-refractivity contribution is 0.835. The first-order valence-electron chi connectivity index (χ1n) is 2.99. The zero-order valence-electron chi connectivity index (χ0n) is 5.71. The molecule has 0 aromatic heterocycles. The van der Waals surface area contributed by atoms with Crippen molar-refractivity contribution in [2.24, 2.45) is 17.2 Å². The summed E-state index contributed by atoms with van der Waals surface area (Å²) >= 11 is 1.61. The molecular weight excluding hydrogens is 134 g/mol. The standard InChI is InChI=1S/C5H15N3S/c1-4(7)3-9-5(8)2-6/h4-5H,2-3,6-8H2,1H3. The van der Waals surface area contributed by atoms with Crippen LogP contribution in [0.2, 0.25) is 0 Å². The molecule has 0 rings (SSSR count). The third-order valence-corrected chi connectivity index (χ3v) is 2.14. The monoisotopic (exact) mass is 149 g/mol. The van der Waals surface area contributed by atoms with E-state index in [0.717, 1.165) is 5.75 Å². The minimum Gasteiger partial charge on any atom is -0.328 e.